The highest BCUT2D eigenvalue weighted by Crippen LogP contribution is 2.23. The minimum atomic E-state index is -1.47. The molecule has 118 valence electrons. The Hall–Kier alpha value is -1.60. The molecule has 4 N–H and O–H groups in total. The number of nitrogens with one attached hydrogen (secondary N) is 2. The van der Waals surface area contributed by atoms with Gasteiger partial charge in [0.1, 0.15) is 0 Å². The smallest absolute Gasteiger partial charge is 0.315 e. The number of carboxylic acid groups (broad SMARTS) is 1. The molecule has 0 spiro atoms. The number of carbonyl (C=O) groups is 2. The first-order valence-corrected chi connectivity index (χ1v) is 7.74. The predicted molar refractivity (Wildman–Crippen MR) is 81.4 cm³/mol. The number of aliphatic hydroxyl groups is 1. The largest absolute Gasteiger partial charge is 0.481 e. The second-order valence-electron chi connectivity index (χ2n) is 5.25. The van der Waals surface area contributed by atoms with E-state index in [0.29, 0.717) is 0 Å². The number of urea groups is 1. The van der Waals surface area contributed by atoms with E-state index in [0.717, 1.165) is 17.7 Å². The summed E-state index contributed by atoms with van der Waals surface area (Å²) < 4.78 is 0. The van der Waals surface area contributed by atoms with E-state index in [1.54, 1.807) is 11.3 Å². The summed E-state index contributed by atoms with van der Waals surface area (Å²) in [6.45, 7) is 3.30. The number of hydrogen-bond acceptors (Lipinski definition) is 4. The summed E-state index contributed by atoms with van der Waals surface area (Å²) in [7, 11) is 0. The predicted octanol–water partition coefficient (Wildman–Crippen LogP) is 2.11. The maximum atomic E-state index is 11.9. The van der Waals surface area contributed by atoms with Crippen molar-refractivity contribution in [1.29, 1.82) is 0 Å². The summed E-state index contributed by atoms with van der Waals surface area (Å²) in [5, 5.41) is 25.8. The van der Waals surface area contributed by atoms with Gasteiger partial charge in [-0.1, -0.05) is 19.4 Å². The first kappa shape index (κ1) is 17.5. The quantitative estimate of drug-likeness (QED) is 0.590. The Labute approximate surface area is 128 Å². The topological polar surface area (TPSA) is 98.7 Å². The molecule has 0 aliphatic rings. The van der Waals surface area contributed by atoms with E-state index in [9.17, 15) is 14.7 Å². The number of rotatable bonds is 8. The van der Waals surface area contributed by atoms with Gasteiger partial charge in [-0.15, -0.1) is 11.3 Å². The Morgan fingerprint density at radius 3 is 2.71 bits per heavy atom. The van der Waals surface area contributed by atoms with Crippen LogP contribution in [0.3, 0.4) is 0 Å². The molecule has 1 rings (SSSR count). The summed E-state index contributed by atoms with van der Waals surface area (Å²) in [4.78, 5) is 23.5. The van der Waals surface area contributed by atoms with Crippen molar-refractivity contribution in [2.45, 2.75) is 44.8 Å². The van der Waals surface area contributed by atoms with E-state index in [4.69, 9.17) is 5.11 Å². The van der Waals surface area contributed by atoms with Gasteiger partial charge in [0.15, 0.2) is 0 Å². The summed E-state index contributed by atoms with van der Waals surface area (Å²) in [5.41, 5.74) is -1.47. The van der Waals surface area contributed by atoms with Crippen molar-refractivity contribution in [3.05, 3.63) is 22.4 Å². The van der Waals surface area contributed by atoms with Crippen molar-refractivity contribution in [3.8, 4) is 0 Å². The van der Waals surface area contributed by atoms with E-state index in [1.807, 2.05) is 24.4 Å². The van der Waals surface area contributed by atoms with E-state index in [-0.39, 0.29) is 12.6 Å². The molecule has 0 aliphatic heterocycles. The number of thiophene rings is 1. The number of aliphatic carboxylic acids is 1. The van der Waals surface area contributed by atoms with Crippen LogP contribution in [0.25, 0.3) is 0 Å². The molecule has 0 saturated heterocycles. The third kappa shape index (κ3) is 6.59. The first-order valence-electron chi connectivity index (χ1n) is 6.86. The fourth-order valence-corrected chi connectivity index (χ4v) is 2.74. The Balaban J connectivity index is 2.49. The van der Waals surface area contributed by atoms with Crippen LogP contribution >= 0.6 is 11.3 Å². The van der Waals surface area contributed by atoms with Crippen LogP contribution in [0.2, 0.25) is 0 Å². The molecule has 2 atom stereocenters. The van der Waals surface area contributed by atoms with Gasteiger partial charge in [0, 0.05) is 11.4 Å². The molecule has 0 aliphatic carbocycles. The molecule has 1 aromatic heterocycles. The minimum Gasteiger partial charge on any atom is -0.481 e. The average Bonchev–Trinajstić information content (AvgIpc) is 2.88. The van der Waals surface area contributed by atoms with Crippen molar-refractivity contribution < 1.29 is 19.8 Å². The third-order valence-corrected chi connectivity index (χ3v) is 3.92. The molecule has 0 aromatic carbocycles. The fraction of sp³-hybridized carbons (Fsp3) is 0.571. The second-order valence-corrected chi connectivity index (χ2v) is 6.23. The summed E-state index contributed by atoms with van der Waals surface area (Å²) in [6, 6.07) is 3.41. The van der Waals surface area contributed by atoms with Crippen molar-refractivity contribution in [3.63, 3.8) is 0 Å². The molecule has 6 nitrogen and oxygen atoms in total. The van der Waals surface area contributed by atoms with Gasteiger partial charge in [0.05, 0.1) is 18.1 Å². The first-order chi connectivity index (χ1) is 9.84. The molecule has 7 heteroatoms. The lowest BCUT2D eigenvalue weighted by molar-refractivity contribution is -0.141. The minimum absolute atomic E-state index is 0.0700. The summed E-state index contributed by atoms with van der Waals surface area (Å²) in [5.74, 6) is -1.11. The van der Waals surface area contributed by atoms with Gasteiger partial charge in [-0.2, -0.15) is 0 Å². The summed E-state index contributed by atoms with van der Waals surface area (Å²) in [6.07, 6.45) is 1.33. The zero-order chi connectivity index (χ0) is 15.9. The van der Waals surface area contributed by atoms with Crippen molar-refractivity contribution in [1.82, 2.24) is 10.6 Å². The van der Waals surface area contributed by atoms with Crippen molar-refractivity contribution >= 4 is 23.3 Å². The molecule has 0 fully saturated rings. The highest BCUT2D eigenvalue weighted by Gasteiger charge is 2.25. The van der Waals surface area contributed by atoms with E-state index in [2.05, 4.69) is 10.6 Å². The lowest BCUT2D eigenvalue weighted by Crippen LogP contribution is -2.46. The number of hydrogen-bond donors (Lipinski definition) is 4. The Morgan fingerprint density at radius 2 is 2.19 bits per heavy atom. The lowest BCUT2D eigenvalue weighted by Gasteiger charge is -2.23. The molecule has 21 heavy (non-hydrogen) atoms. The van der Waals surface area contributed by atoms with Gasteiger partial charge >= 0.3 is 12.0 Å². The molecule has 1 aromatic rings. The van der Waals surface area contributed by atoms with Crippen LogP contribution in [0, 0.1) is 0 Å². The molecule has 2 unspecified atom stereocenters. The number of amides is 2. The van der Waals surface area contributed by atoms with Gasteiger partial charge in [0.2, 0.25) is 0 Å². The van der Waals surface area contributed by atoms with Crippen LogP contribution in [0.5, 0.6) is 0 Å². The molecule has 0 saturated carbocycles. The molecular formula is C14H22N2O4S. The molecule has 1 heterocycles. The molecular weight excluding hydrogens is 292 g/mol. The van der Waals surface area contributed by atoms with Gasteiger partial charge in [-0.3, -0.25) is 4.79 Å². The third-order valence-electron chi connectivity index (χ3n) is 2.93. The van der Waals surface area contributed by atoms with Gasteiger partial charge < -0.3 is 20.8 Å². The second kappa shape index (κ2) is 7.99. The molecule has 2 amide bonds. The van der Waals surface area contributed by atoms with Crippen LogP contribution in [0.4, 0.5) is 4.79 Å². The van der Waals surface area contributed by atoms with E-state index in [1.165, 1.54) is 6.92 Å². The van der Waals surface area contributed by atoms with E-state index < -0.39 is 24.0 Å². The maximum Gasteiger partial charge on any atom is 0.315 e. The molecule has 0 bridgehead atoms. The van der Waals surface area contributed by atoms with E-state index >= 15 is 0 Å². The molecule has 0 radical (unpaired) electrons. The van der Waals surface area contributed by atoms with Gasteiger partial charge in [-0.05, 0) is 24.8 Å². The SMILES string of the molecule is CCCC(NC(=O)NCC(C)(O)CC(=O)O)c1cccs1. The van der Waals surface area contributed by atoms with Crippen LogP contribution in [0.1, 0.15) is 44.0 Å². The van der Waals surface area contributed by atoms with Gasteiger partial charge in [0.25, 0.3) is 0 Å². The zero-order valence-corrected chi connectivity index (χ0v) is 13.1. The normalized spacial score (nSPS) is 15.0. The maximum absolute atomic E-state index is 11.9. The monoisotopic (exact) mass is 314 g/mol. The fourth-order valence-electron chi connectivity index (χ4n) is 1.93. The van der Waals surface area contributed by atoms with Crippen molar-refractivity contribution in [2.24, 2.45) is 0 Å². The van der Waals surface area contributed by atoms with Crippen LogP contribution in [-0.2, 0) is 4.79 Å². The standard InChI is InChI=1S/C14H22N2O4S/c1-3-5-10(11-6-4-7-21-11)16-13(19)15-9-14(2,20)8-12(17)18/h4,6-7,10,20H,3,5,8-9H2,1-2H3,(H,17,18)(H2,15,16,19). The average molecular weight is 314 g/mol. The Bertz CT molecular complexity index is 460. The number of carbonyl (C=O) groups excluding carboxylic acids is 1. The van der Waals surface area contributed by atoms with Crippen LogP contribution in [-0.4, -0.2) is 34.4 Å². The lowest BCUT2D eigenvalue weighted by atomic mass is 10.0. The highest BCUT2D eigenvalue weighted by atomic mass is 32.1. The highest BCUT2D eigenvalue weighted by molar-refractivity contribution is 7.10. The van der Waals surface area contributed by atoms with Crippen molar-refractivity contribution in [2.75, 3.05) is 6.54 Å². The summed E-state index contributed by atoms with van der Waals surface area (Å²) >= 11 is 1.58. The Kier molecular flexibility index (Phi) is 6.64. The van der Waals surface area contributed by atoms with Crippen LogP contribution in [0.15, 0.2) is 17.5 Å². The Morgan fingerprint density at radius 1 is 1.48 bits per heavy atom. The van der Waals surface area contributed by atoms with Crippen LogP contribution < -0.4 is 10.6 Å². The zero-order valence-electron chi connectivity index (χ0n) is 12.3. The van der Waals surface area contributed by atoms with Gasteiger partial charge in [-0.25, -0.2) is 4.79 Å². The number of carboxylic acids is 1.